The zero-order valence-corrected chi connectivity index (χ0v) is 68.7. The normalized spacial score (nSPS) is 15.1. The molecule has 0 saturated heterocycles. The Balaban J connectivity index is 0.000000208. The van der Waals surface area contributed by atoms with Crippen LogP contribution in [0.1, 0.15) is 198 Å². The lowest BCUT2D eigenvalue weighted by Crippen LogP contribution is -2.66. The summed E-state index contributed by atoms with van der Waals surface area (Å²) >= 11 is 0. The average Bonchev–Trinajstić information content (AvgIpc) is 0.779. The highest BCUT2D eigenvalue weighted by atomic mass is 16.4. The molecule has 568 valence electrons. The summed E-state index contributed by atoms with van der Waals surface area (Å²) in [5, 5.41) is 10.3. The summed E-state index contributed by atoms with van der Waals surface area (Å²) in [6.07, 6.45) is 22.4. The number of aliphatic carboxylic acids is 1. The first kappa shape index (κ1) is 84.6. The summed E-state index contributed by atoms with van der Waals surface area (Å²) in [6, 6.07) is 78.6. The number of nitrogens with one attached hydrogen (secondary N) is 1. The van der Waals surface area contributed by atoms with Crippen molar-refractivity contribution in [3.8, 4) is 0 Å². The van der Waals surface area contributed by atoms with Crippen LogP contribution in [0.15, 0.2) is 295 Å². The third-order valence-electron chi connectivity index (χ3n) is 21.7. The van der Waals surface area contributed by atoms with Gasteiger partial charge >= 0.3 is 5.97 Å². The van der Waals surface area contributed by atoms with Crippen LogP contribution in [0.25, 0.3) is 22.3 Å². The Morgan fingerprint density at radius 1 is 0.409 bits per heavy atom. The molecule has 3 atom stereocenters. The number of benzene rings is 9. The van der Waals surface area contributed by atoms with E-state index in [4.69, 9.17) is 4.99 Å². The van der Waals surface area contributed by atoms with Gasteiger partial charge in [0.05, 0.1) is 22.5 Å². The Morgan fingerprint density at radius 2 is 0.773 bits per heavy atom. The molecule has 7 nitrogen and oxygen atoms in total. The van der Waals surface area contributed by atoms with Gasteiger partial charge in [-0.15, -0.1) is 0 Å². The lowest BCUT2D eigenvalue weighted by molar-refractivity contribution is -0.519. The van der Waals surface area contributed by atoms with Gasteiger partial charge < -0.3 is 29.8 Å². The van der Waals surface area contributed by atoms with Crippen LogP contribution in [0.2, 0.25) is 0 Å². The first-order valence-electron chi connectivity index (χ1n) is 39.5. The number of aryl methyl sites for hydroxylation is 3. The maximum atomic E-state index is 12.6. The van der Waals surface area contributed by atoms with Crippen LogP contribution in [0, 0.1) is 35.6 Å². The molecule has 0 aliphatic heterocycles. The zero-order chi connectivity index (χ0) is 76.8. The lowest BCUT2D eigenvalue weighted by atomic mass is 9.83. The molecule has 0 amide bonds. The van der Waals surface area contributed by atoms with Crippen LogP contribution < -0.4 is 14.8 Å². The van der Waals surface area contributed by atoms with Gasteiger partial charge in [0, 0.05) is 67.9 Å². The number of allylic oxidation sites excluding steroid dienone is 11. The molecule has 3 aliphatic rings. The quantitative estimate of drug-likeness (QED) is 0.0494. The zero-order valence-electron chi connectivity index (χ0n) is 68.7. The van der Waals surface area contributed by atoms with Gasteiger partial charge in [0.2, 0.25) is 11.4 Å². The predicted molar refractivity (Wildman–Crippen MR) is 477 cm³/mol. The number of rotatable bonds is 23. The summed E-state index contributed by atoms with van der Waals surface area (Å²) in [5.41, 5.74) is 31.4. The second-order valence-electron chi connectivity index (χ2n) is 28.6. The van der Waals surface area contributed by atoms with Crippen molar-refractivity contribution in [3.05, 3.63) is 383 Å². The van der Waals surface area contributed by atoms with Crippen molar-refractivity contribution in [2.75, 3.05) is 49.1 Å². The third-order valence-corrected chi connectivity index (χ3v) is 21.7. The van der Waals surface area contributed by atoms with E-state index in [0.717, 1.165) is 97.1 Å². The van der Waals surface area contributed by atoms with Crippen LogP contribution in [0.3, 0.4) is 0 Å². The number of hydrogen-bond donors (Lipinski definition) is 2. The Labute approximate surface area is 661 Å². The molecule has 3 aliphatic carbocycles. The molecule has 9 aromatic rings. The molecule has 2 N–H and O–H groups in total. The maximum Gasteiger partial charge on any atom is 0.336 e. The minimum atomic E-state index is -0.974. The highest BCUT2D eigenvalue weighted by molar-refractivity contribution is 6.18. The van der Waals surface area contributed by atoms with Crippen molar-refractivity contribution in [2.45, 2.75) is 141 Å². The number of carboxylic acids is 1. The van der Waals surface area contributed by atoms with Gasteiger partial charge in [-0.2, -0.15) is 0 Å². The Kier molecular flexibility index (Phi) is 31.5. The molecule has 0 aromatic heterocycles. The highest BCUT2D eigenvalue weighted by Gasteiger charge is 2.26. The monoisotopic (exact) mass is 1460 g/mol. The average molecular weight is 1460 g/mol. The van der Waals surface area contributed by atoms with E-state index in [1.165, 1.54) is 101 Å². The standard InChI is InChI=1S/C38H40N2.C35H38N2O2.C28H34N.2CH3/c1-6-28(5)29-17-21-32(22-18-29)39-37-26-25-36(34-11-9-10-12-35(34)37)38(30-15-13-27(4)14-16-30)31-19-23-33(24-20-31)40(7-2)8-3;1-6-25(5)26-13-17-29(18-14-26)36-30-19-22-32(33(23-30)35(38)39)34(27-11-9-24(4)10-12-27)28-15-20-31(21-16-28)37(7-2)8-3;1-6-22(5)23-13-15-25(16-14-23)28(24-11-9-21(4)10-12-24)26-17-19-27(20-18-26)29(7-2)8-3;;/h9-26,28H,6-8H2,1-5H3;9-23,25H,6-8H2,1-5H3,(H,38,39);9-20,22H,6-8H2,1-5H3;2*1H3/q;;+1;2*-1/p+1. The second-order valence-corrected chi connectivity index (χ2v) is 28.6. The fourth-order valence-electron chi connectivity index (χ4n) is 14.3. The van der Waals surface area contributed by atoms with Gasteiger partial charge in [-0.05, 0) is 261 Å². The predicted octanol–water partition coefficient (Wildman–Crippen LogP) is 24.4. The van der Waals surface area contributed by atoms with Crippen LogP contribution in [-0.4, -0.2) is 72.1 Å². The van der Waals surface area contributed by atoms with Crippen LogP contribution in [0.4, 0.5) is 22.7 Å². The molecule has 0 radical (unpaired) electrons. The van der Waals surface area contributed by atoms with Crippen molar-refractivity contribution < 1.29 is 19.5 Å². The van der Waals surface area contributed by atoms with Crippen molar-refractivity contribution in [3.63, 3.8) is 0 Å². The Hall–Kier alpha value is -11.0. The van der Waals surface area contributed by atoms with Gasteiger partial charge in [0.1, 0.15) is 13.1 Å². The molecule has 12 rings (SSSR count). The van der Waals surface area contributed by atoms with E-state index in [2.05, 4.69) is 366 Å². The van der Waals surface area contributed by atoms with Gasteiger partial charge in [0.25, 0.3) is 0 Å². The molecule has 3 unspecified atom stereocenters. The molecular weight excluding hydrogens is 1340 g/mol. The minimum absolute atomic E-state index is 0. The highest BCUT2D eigenvalue weighted by Crippen LogP contribution is 2.40. The second kappa shape index (κ2) is 41.0. The van der Waals surface area contributed by atoms with E-state index in [0.29, 0.717) is 29.0 Å². The number of fused-ring (bicyclic) bond motifs is 1. The first-order chi connectivity index (χ1) is 52.4. The van der Waals surface area contributed by atoms with Crippen molar-refractivity contribution in [2.24, 2.45) is 4.99 Å². The van der Waals surface area contributed by atoms with Gasteiger partial charge in [0.15, 0.2) is 5.71 Å². The molecule has 0 fully saturated rings. The fourth-order valence-corrected chi connectivity index (χ4v) is 14.3. The van der Waals surface area contributed by atoms with Gasteiger partial charge in [-0.25, -0.2) is 19.4 Å². The Morgan fingerprint density at radius 3 is 1.17 bits per heavy atom. The minimum Gasteiger partial charge on any atom is -0.478 e. The Bertz CT molecular complexity index is 4860. The molecular formula is C103H119N5O2. The fraction of sp³-hybridized carbons (Fsp3) is 0.262. The molecule has 9 aromatic carbocycles. The number of carboxylic acid groups (broad SMARTS) is 1. The maximum absolute atomic E-state index is 12.6. The van der Waals surface area contributed by atoms with Crippen molar-refractivity contribution in [1.82, 2.24) is 0 Å². The number of nitrogens with zero attached hydrogens (tertiary/aromatic N) is 4. The van der Waals surface area contributed by atoms with E-state index in [9.17, 15) is 9.90 Å². The molecule has 0 heterocycles. The van der Waals surface area contributed by atoms with E-state index in [1.54, 1.807) is 6.08 Å². The molecule has 0 spiro atoms. The molecule has 110 heavy (non-hydrogen) atoms. The molecule has 0 bridgehead atoms. The van der Waals surface area contributed by atoms with Crippen LogP contribution in [0.5, 0.6) is 0 Å². The van der Waals surface area contributed by atoms with E-state index < -0.39 is 5.97 Å². The summed E-state index contributed by atoms with van der Waals surface area (Å²) in [7, 11) is 0. The van der Waals surface area contributed by atoms with Crippen molar-refractivity contribution >= 4 is 68.1 Å². The van der Waals surface area contributed by atoms with Gasteiger partial charge in [-0.3, -0.25) is 0 Å². The number of aliphatic imine (C=N–C) groups is 1. The largest absolute Gasteiger partial charge is 0.478 e. The summed E-state index contributed by atoms with van der Waals surface area (Å²) in [5.74, 6) is 0.693. The summed E-state index contributed by atoms with van der Waals surface area (Å²) < 4.78 is 2.39. The van der Waals surface area contributed by atoms with Crippen LogP contribution >= 0.6 is 0 Å². The number of hydrogen-bond acceptors (Lipinski definition) is 4. The summed E-state index contributed by atoms with van der Waals surface area (Å²) in [6.45, 7) is 38.9. The molecule has 7 heteroatoms. The first-order valence-corrected chi connectivity index (χ1v) is 39.5. The smallest absolute Gasteiger partial charge is 0.336 e. The van der Waals surface area contributed by atoms with E-state index in [-0.39, 0.29) is 20.4 Å². The lowest BCUT2D eigenvalue weighted by Gasteiger charge is -2.22. The topological polar surface area (TPSA) is 73.1 Å². The van der Waals surface area contributed by atoms with Gasteiger partial charge in [-0.1, -0.05) is 228 Å². The number of anilines is 2. The van der Waals surface area contributed by atoms with Crippen LogP contribution in [-0.2, 0) is 4.79 Å². The molecule has 0 saturated carbocycles. The summed E-state index contributed by atoms with van der Waals surface area (Å²) in [4.78, 5) is 25.7. The number of carbonyl (C=O) groups is 1. The SMILES string of the molecule is CCC(C)c1ccc(C(=C2C=CC(=[N+](CC)CC)C=C2)c2ccc(C)cc2)cc1.CCC(C)c1ccc(N=C2C=CC(=C(c3ccc(C)cc3)c3ccc(N(CC)CC)cc3)C(C(=O)O)=C2)cc1.CCC(C)c1ccc([NH+]=C2C=CC(=C(c3ccc(C)cc3)c3ccc(N(CC)CC)cc3)c3ccccc32)cc1.[CH3-].[CH3-]. The van der Waals surface area contributed by atoms with E-state index >= 15 is 0 Å². The van der Waals surface area contributed by atoms with E-state index in [1.807, 2.05) is 24.3 Å². The third kappa shape index (κ3) is 21.1. The van der Waals surface area contributed by atoms with Crippen molar-refractivity contribution in [1.29, 1.82) is 0 Å².